The zero-order chi connectivity index (χ0) is 15.5. The molecule has 0 unspecified atom stereocenters. The van der Waals surface area contributed by atoms with Gasteiger partial charge in [0.25, 0.3) is 5.89 Å². The molecule has 0 saturated heterocycles. The molecule has 0 aliphatic carbocycles. The van der Waals surface area contributed by atoms with Crippen molar-refractivity contribution in [2.75, 3.05) is 5.32 Å². The van der Waals surface area contributed by atoms with Crippen LogP contribution in [0, 0.1) is 5.82 Å². The first-order valence-corrected chi connectivity index (χ1v) is 7.15. The fourth-order valence-electron chi connectivity index (χ4n) is 1.88. The van der Waals surface area contributed by atoms with Crippen molar-refractivity contribution in [3.8, 4) is 11.5 Å². The Kier molecular flexibility index (Phi) is 4.27. The first kappa shape index (κ1) is 14.8. The Balaban J connectivity index is 1.75. The third kappa shape index (κ3) is 3.21. The minimum Gasteiger partial charge on any atom is -0.403 e. The Morgan fingerprint density at radius 1 is 1.05 bits per heavy atom. The molecule has 112 valence electrons. The standard InChI is InChI=1S/C15H10Cl2FN3O/c16-10-6-4-9(5-7-10)8-19-15-21-20-14(22-15)13-11(17)2-1-3-12(13)18/h1-7H,8H2,(H,19,21). The lowest BCUT2D eigenvalue weighted by atomic mass is 10.2. The Hall–Kier alpha value is -2.11. The molecule has 0 spiro atoms. The molecule has 0 atom stereocenters. The van der Waals surface area contributed by atoms with Crippen LogP contribution in [0.25, 0.3) is 11.5 Å². The molecule has 0 amide bonds. The van der Waals surface area contributed by atoms with Crippen LogP contribution in [0.1, 0.15) is 5.56 Å². The predicted octanol–water partition coefficient (Wildman–Crippen LogP) is 4.79. The van der Waals surface area contributed by atoms with E-state index in [0.717, 1.165) is 5.56 Å². The van der Waals surface area contributed by atoms with E-state index in [-0.39, 0.29) is 22.5 Å². The van der Waals surface area contributed by atoms with Crippen molar-refractivity contribution in [3.05, 3.63) is 63.9 Å². The van der Waals surface area contributed by atoms with Gasteiger partial charge >= 0.3 is 6.01 Å². The van der Waals surface area contributed by atoms with Crippen molar-refractivity contribution < 1.29 is 8.81 Å². The second-order valence-corrected chi connectivity index (χ2v) is 5.33. The van der Waals surface area contributed by atoms with Crippen molar-refractivity contribution in [1.29, 1.82) is 0 Å². The molecule has 0 aliphatic heterocycles. The van der Waals surface area contributed by atoms with Gasteiger partial charge in [0.1, 0.15) is 5.82 Å². The molecule has 0 fully saturated rings. The third-order valence-corrected chi connectivity index (χ3v) is 3.53. The number of nitrogens with one attached hydrogen (secondary N) is 1. The normalized spacial score (nSPS) is 10.7. The lowest BCUT2D eigenvalue weighted by Crippen LogP contribution is -1.99. The molecule has 4 nitrogen and oxygen atoms in total. The van der Waals surface area contributed by atoms with Gasteiger partial charge in [-0.05, 0) is 29.8 Å². The molecular formula is C15H10Cl2FN3O. The monoisotopic (exact) mass is 337 g/mol. The molecule has 3 rings (SSSR count). The van der Waals surface area contributed by atoms with E-state index in [4.69, 9.17) is 27.6 Å². The zero-order valence-electron chi connectivity index (χ0n) is 11.2. The summed E-state index contributed by atoms with van der Waals surface area (Å²) in [5.74, 6) is -0.484. The quantitative estimate of drug-likeness (QED) is 0.743. The highest BCUT2D eigenvalue weighted by Gasteiger charge is 2.16. The Morgan fingerprint density at radius 3 is 2.55 bits per heavy atom. The van der Waals surface area contributed by atoms with Crippen molar-refractivity contribution in [3.63, 3.8) is 0 Å². The number of aromatic nitrogens is 2. The fraction of sp³-hybridized carbons (Fsp3) is 0.0667. The van der Waals surface area contributed by atoms with Gasteiger partial charge in [-0.15, -0.1) is 5.10 Å². The van der Waals surface area contributed by atoms with Crippen molar-refractivity contribution in [2.24, 2.45) is 0 Å². The van der Waals surface area contributed by atoms with Gasteiger partial charge in [-0.3, -0.25) is 0 Å². The van der Waals surface area contributed by atoms with Crippen molar-refractivity contribution >= 4 is 29.2 Å². The summed E-state index contributed by atoms with van der Waals surface area (Å²) in [5, 5.41) is 11.5. The molecule has 3 aromatic rings. The smallest absolute Gasteiger partial charge is 0.316 e. The average molecular weight is 338 g/mol. The summed E-state index contributed by atoms with van der Waals surface area (Å²) < 4.78 is 19.2. The number of nitrogens with zero attached hydrogens (tertiary/aromatic N) is 2. The number of anilines is 1. The number of hydrogen-bond donors (Lipinski definition) is 1. The second kappa shape index (κ2) is 6.34. The first-order chi connectivity index (χ1) is 10.6. The van der Waals surface area contributed by atoms with Crippen LogP contribution in [0.15, 0.2) is 46.9 Å². The lowest BCUT2D eigenvalue weighted by Gasteiger charge is -2.02. The van der Waals surface area contributed by atoms with Crippen molar-refractivity contribution in [1.82, 2.24) is 10.2 Å². The maximum atomic E-state index is 13.8. The molecular weight excluding hydrogens is 328 g/mol. The second-order valence-electron chi connectivity index (χ2n) is 4.49. The average Bonchev–Trinajstić information content (AvgIpc) is 2.95. The van der Waals surface area contributed by atoms with Gasteiger partial charge < -0.3 is 9.73 Å². The maximum Gasteiger partial charge on any atom is 0.316 e. The van der Waals surface area contributed by atoms with E-state index >= 15 is 0 Å². The van der Waals surface area contributed by atoms with Crippen LogP contribution in [0.5, 0.6) is 0 Å². The number of benzene rings is 2. The number of rotatable bonds is 4. The van der Waals surface area contributed by atoms with Crippen LogP contribution in [0.2, 0.25) is 10.0 Å². The number of hydrogen-bond acceptors (Lipinski definition) is 4. The maximum absolute atomic E-state index is 13.8. The molecule has 1 aromatic heterocycles. The summed E-state index contributed by atoms with van der Waals surface area (Å²) >= 11 is 11.8. The number of halogens is 3. The Bertz CT molecular complexity index is 769. The molecule has 0 bridgehead atoms. The van der Waals surface area contributed by atoms with E-state index < -0.39 is 5.82 Å². The fourth-order valence-corrected chi connectivity index (χ4v) is 2.25. The minimum atomic E-state index is -0.514. The summed E-state index contributed by atoms with van der Waals surface area (Å²) in [4.78, 5) is 0. The van der Waals surface area contributed by atoms with E-state index in [0.29, 0.717) is 11.6 Å². The van der Waals surface area contributed by atoms with Gasteiger partial charge in [0, 0.05) is 11.6 Å². The molecule has 0 radical (unpaired) electrons. The Labute approximate surface area is 135 Å². The van der Waals surface area contributed by atoms with E-state index in [2.05, 4.69) is 15.5 Å². The highest BCUT2D eigenvalue weighted by atomic mass is 35.5. The molecule has 2 aromatic carbocycles. The largest absolute Gasteiger partial charge is 0.403 e. The topological polar surface area (TPSA) is 51.0 Å². The van der Waals surface area contributed by atoms with Gasteiger partial charge in [-0.25, -0.2) is 4.39 Å². The van der Waals surface area contributed by atoms with E-state index in [9.17, 15) is 4.39 Å². The van der Waals surface area contributed by atoms with Crippen LogP contribution in [-0.2, 0) is 6.54 Å². The first-order valence-electron chi connectivity index (χ1n) is 6.39. The van der Waals surface area contributed by atoms with Gasteiger partial charge in [-0.1, -0.05) is 46.5 Å². The molecule has 0 aliphatic rings. The molecule has 7 heteroatoms. The van der Waals surface area contributed by atoms with E-state index in [1.807, 2.05) is 12.1 Å². The van der Waals surface area contributed by atoms with Crippen LogP contribution in [-0.4, -0.2) is 10.2 Å². The molecule has 1 N–H and O–H groups in total. The SMILES string of the molecule is Fc1cccc(Cl)c1-c1nnc(NCc2ccc(Cl)cc2)o1. The summed E-state index contributed by atoms with van der Waals surface area (Å²) in [6.07, 6.45) is 0. The van der Waals surface area contributed by atoms with E-state index in [1.54, 1.807) is 18.2 Å². The van der Waals surface area contributed by atoms with Crippen molar-refractivity contribution in [2.45, 2.75) is 6.54 Å². The van der Waals surface area contributed by atoms with Crippen LogP contribution < -0.4 is 5.32 Å². The summed E-state index contributed by atoms with van der Waals surface area (Å²) in [6, 6.07) is 11.9. The summed E-state index contributed by atoms with van der Waals surface area (Å²) in [7, 11) is 0. The van der Waals surface area contributed by atoms with Crippen LogP contribution >= 0.6 is 23.2 Å². The van der Waals surface area contributed by atoms with Gasteiger partial charge in [0.2, 0.25) is 0 Å². The zero-order valence-corrected chi connectivity index (χ0v) is 12.7. The Morgan fingerprint density at radius 2 is 1.82 bits per heavy atom. The summed E-state index contributed by atoms with van der Waals surface area (Å²) in [6.45, 7) is 0.476. The third-order valence-electron chi connectivity index (χ3n) is 2.96. The molecule has 1 heterocycles. The highest BCUT2D eigenvalue weighted by Crippen LogP contribution is 2.30. The highest BCUT2D eigenvalue weighted by molar-refractivity contribution is 6.33. The minimum absolute atomic E-state index is 0.0294. The lowest BCUT2D eigenvalue weighted by molar-refractivity contribution is 0.568. The van der Waals surface area contributed by atoms with Gasteiger partial charge in [0.15, 0.2) is 0 Å². The van der Waals surface area contributed by atoms with E-state index in [1.165, 1.54) is 12.1 Å². The summed E-state index contributed by atoms with van der Waals surface area (Å²) in [5.41, 5.74) is 1.09. The predicted molar refractivity (Wildman–Crippen MR) is 83.5 cm³/mol. The van der Waals surface area contributed by atoms with Crippen LogP contribution in [0.3, 0.4) is 0 Å². The van der Waals surface area contributed by atoms with Gasteiger partial charge in [0.05, 0.1) is 10.6 Å². The van der Waals surface area contributed by atoms with Gasteiger partial charge in [-0.2, -0.15) is 0 Å². The molecule has 22 heavy (non-hydrogen) atoms. The molecule has 0 saturated carbocycles. The van der Waals surface area contributed by atoms with Crippen LogP contribution in [0.4, 0.5) is 10.4 Å².